The van der Waals surface area contributed by atoms with E-state index in [4.69, 9.17) is 4.74 Å². The van der Waals surface area contributed by atoms with Crippen LogP contribution >= 0.6 is 0 Å². The summed E-state index contributed by atoms with van der Waals surface area (Å²) in [5, 5.41) is 18.6. The van der Waals surface area contributed by atoms with E-state index in [2.05, 4.69) is 35.3 Å². The van der Waals surface area contributed by atoms with Crippen molar-refractivity contribution < 1.29 is 4.74 Å². The van der Waals surface area contributed by atoms with Crippen LogP contribution in [-0.2, 0) is 12.8 Å². The van der Waals surface area contributed by atoms with Gasteiger partial charge in [-0.3, -0.25) is 0 Å². The Hall–Kier alpha value is -3.89. The monoisotopic (exact) mass is 403 g/mol. The Morgan fingerprint density at radius 3 is 2.55 bits per heavy atom. The molecule has 0 radical (unpaired) electrons. The number of hydrogen-bond donors (Lipinski definition) is 0. The Bertz CT molecular complexity index is 1280. The maximum absolute atomic E-state index is 9.38. The highest BCUT2D eigenvalue weighted by Crippen LogP contribution is 2.42. The molecule has 0 saturated heterocycles. The number of ether oxygens (including phenoxy) is 1. The Morgan fingerprint density at radius 1 is 0.871 bits per heavy atom. The molecule has 5 rings (SSSR count). The number of hydrogen-bond acceptors (Lipinski definition) is 4. The minimum Gasteiger partial charge on any atom is -0.486 e. The fourth-order valence-electron chi connectivity index (χ4n) is 4.87. The molecule has 4 nitrogen and oxygen atoms in total. The summed E-state index contributed by atoms with van der Waals surface area (Å²) in [6.45, 7) is 0. The maximum Gasteiger partial charge on any atom is 0.205 e. The molecule has 0 aromatic heterocycles. The summed E-state index contributed by atoms with van der Waals surface area (Å²) in [5.74, 6) is 0.778. The third kappa shape index (κ3) is 3.58. The summed E-state index contributed by atoms with van der Waals surface area (Å²) < 4.78 is 6.67. The predicted molar refractivity (Wildman–Crippen MR) is 120 cm³/mol. The molecule has 0 bridgehead atoms. The summed E-state index contributed by atoms with van der Waals surface area (Å²) in [7, 11) is 0. The number of nitrogens with zero attached hydrogens (tertiary/aromatic N) is 3. The largest absolute Gasteiger partial charge is 0.486 e. The van der Waals surface area contributed by atoms with Gasteiger partial charge < -0.3 is 4.74 Å². The SMILES string of the molecule is N#C/N=C1\CC2(CCCc3ccccc3C2)Oc2ccc(-c3cccc(C#N)c3)cc21. The molecular weight excluding hydrogens is 382 g/mol. The lowest BCUT2D eigenvalue weighted by Gasteiger charge is -2.39. The molecule has 4 heteroatoms. The maximum atomic E-state index is 9.38. The number of rotatable bonds is 1. The van der Waals surface area contributed by atoms with Crippen molar-refractivity contribution in [1.82, 2.24) is 0 Å². The number of fused-ring (bicyclic) bond motifs is 2. The van der Waals surface area contributed by atoms with E-state index < -0.39 is 0 Å². The number of aliphatic imine (C=N–C) groups is 1. The van der Waals surface area contributed by atoms with Gasteiger partial charge in [0.1, 0.15) is 11.4 Å². The molecule has 1 aliphatic carbocycles. The first-order chi connectivity index (χ1) is 15.2. The van der Waals surface area contributed by atoms with E-state index in [1.165, 1.54) is 11.1 Å². The van der Waals surface area contributed by atoms with Gasteiger partial charge in [-0.1, -0.05) is 42.5 Å². The van der Waals surface area contributed by atoms with Crippen molar-refractivity contribution in [2.45, 2.75) is 37.7 Å². The molecule has 1 heterocycles. The highest BCUT2D eigenvalue weighted by atomic mass is 16.5. The van der Waals surface area contributed by atoms with Gasteiger partial charge in [0.05, 0.1) is 17.3 Å². The first kappa shape index (κ1) is 19.1. The molecule has 1 aliphatic heterocycles. The van der Waals surface area contributed by atoms with Crippen LogP contribution in [-0.4, -0.2) is 11.3 Å². The fraction of sp³-hybridized carbons (Fsp3) is 0.222. The number of aryl methyl sites for hydroxylation is 1. The van der Waals surface area contributed by atoms with E-state index in [0.717, 1.165) is 53.8 Å². The Labute approximate surface area is 182 Å². The Morgan fingerprint density at radius 2 is 1.71 bits per heavy atom. The van der Waals surface area contributed by atoms with Crippen molar-refractivity contribution in [2.75, 3.05) is 0 Å². The molecule has 3 aromatic carbocycles. The normalized spacial score (nSPS) is 20.6. The summed E-state index contributed by atoms with van der Waals surface area (Å²) in [6, 6.07) is 24.3. The third-order valence-corrected chi connectivity index (χ3v) is 6.33. The van der Waals surface area contributed by atoms with Crippen LogP contribution in [0.4, 0.5) is 0 Å². The van der Waals surface area contributed by atoms with Crippen molar-refractivity contribution in [1.29, 1.82) is 10.5 Å². The van der Waals surface area contributed by atoms with Gasteiger partial charge >= 0.3 is 0 Å². The molecule has 0 N–H and O–H groups in total. The highest BCUT2D eigenvalue weighted by molar-refractivity contribution is 6.05. The second kappa shape index (κ2) is 7.74. The molecular formula is C27H21N3O. The molecule has 0 amide bonds. The zero-order valence-electron chi connectivity index (χ0n) is 17.1. The lowest BCUT2D eigenvalue weighted by Crippen LogP contribution is -2.44. The van der Waals surface area contributed by atoms with Gasteiger partial charge in [-0.2, -0.15) is 15.5 Å². The quantitative estimate of drug-likeness (QED) is 0.497. The van der Waals surface area contributed by atoms with Gasteiger partial charge in [0, 0.05) is 18.4 Å². The van der Waals surface area contributed by atoms with E-state index in [1.807, 2.05) is 42.6 Å². The van der Waals surface area contributed by atoms with Crippen LogP contribution in [0.2, 0.25) is 0 Å². The van der Waals surface area contributed by atoms with Gasteiger partial charge in [0.15, 0.2) is 0 Å². The van der Waals surface area contributed by atoms with E-state index in [9.17, 15) is 10.5 Å². The topological polar surface area (TPSA) is 69.2 Å². The Kier molecular flexibility index (Phi) is 4.77. The second-order valence-electron chi connectivity index (χ2n) is 8.32. The van der Waals surface area contributed by atoms with Crippen LogP contribution in [0.5, 0.6) is 5.75 Å². The smallest absolute Gasteiger partial charge is 0.205 e. The van der Waals surface area contributed by atoms with Gasteiger partial charge in [0.2, 0.25) is 6.19 Å². The molecule has 1 atom stereocenters. The first-order valence-corrected chi connectivity index (χ1v) is 10.6. The van der Waals surface area contributed by atoms with E-state index in [-0.39, 0.29) is 5.60 Å². The highest BCUT2D eigenvalue weighted by Gasteiger charge is 2.41. The standard InChI is InChI=1S/C27H21N3O/c28-17-19-5-3-8-21(13-19)22-10-11-26-24(14-22)25(30-18-29)16-27(31-26)12-4-9-20-6-1-2-7-23(20)15-27/h1-3,5-8,10-11,13-14H,4,9,12,15-16H2/b30-25+. The van der Waals surface area contributed by atoms with Crippen molar-refractivity contribution in [3.05, 3.63) is 89.0 Å². The fourth-order valence-corrected chi connectivity index (χ4v) is 4.87. The molecule has 31 heavy (non-hydrogen) atoms. The molecule has 1 unspecified atom stereocenters. The lowest BCUT2D eigenvalue weighted by atomic mass is 9.82. The molecule has 150 valence electrons. The van der Waals surface area contributed by atoms with Crippen molar-refractivity contribution in [2.24, 2.45) is 4.99 Å². The summed E-state index contributed by atoms with van der Waals surface area (Å²) in [4.78, 5) is 4.22. The Balaban J connectivity index is 1.56. The minimum absolute atomic E-state index is 0.377. The van der Waals surface area contributed by atoms with Gasteiger partial charge in [-0.25, -0.2) is 0 Å². The molecule has 2 aliphatic rings. The van der Waals surface area contributed by atoms with Gasteiger partial charge in [-0.15, -0.1) is 0 Å². The molecule has 1 spiro atoms. The van der Waals surface area contributed by atoms with E-state index in [0.29, 0.717) is 12.0 Å². The van der Waals surface area contributed by atoms with Crippen molar-refractivity contribution in [3.8, 4) is 29.1 Å². The summed E-state index contributed by atoms with van der Waals surface area (Å²) >= 11 is 0. The molecule has 0 fully saturated rings. The van der Waals surface area contributed by atoms with Crippen LogP contribution in [0.1, 0.15) is 41.5 Å². The minimum atomic E-state index is -0.377. The predicted octanol–water partition coefficient (Wildman–Crippen LogP) is 5.60. The summed E-state index contributed by atoms with van der Waals surface area (Å²) in [5.41, 5.74) is 6.54. The molecule has 0 saturated carbocycles. The van der Waals surface area contributed by atoms with Crippen LogP contribution < -0.4 is 4.74 Å². The van der Waals surface area contributed by atoms with E-state index in [1.54, 1.807) is 6.07 Å². The molecule has 3 aromatic rings. The van der Waals surface area contributed by atoms with Crippen LogP contribution in [0.25, 0.3) is 11.1 Å². The third-order valence-electron chi connectivity index (χ3n) is 6.33. The second-order valence-corrected chi connectivity index (χ2v) is 8.32. The first-order valence-electron chi connectivity index (χ1n) is 10.6. The van der Waals surface area contributed by atoms with Crippen molar-refractivity contribution >= 4 is 5.71 Å². The average Bonchev–Trinajstić information content (AvgIpc) is 2.97. The van der Waals surface area contributed by atoms with Crippen LogP contribution in [0.3, 0.4) is 0 Å². The summed E-state index contributed by atoms with van der Waals surface area (Å²) in [6.07, 6.45) is 6.46. The van der Waals surface area contributed by atoms with Crippen LogP contribution in [0.15, 0.2) is 71.7 Å². The lowest BCUT2D eigenvalue weighted by molar-refractivity contribution is 0.0619. The zero-order chi connectivity index (χ0) is 21.3. The van der Waals surface area contributed by atoms with Gasteiger partial charge in [-0.05, 0) is 65.8 Å². The number of benzene rings is 3. The zero-order valence-corrected chi connectivity index (χ0v) is 17.1. The number of nitriles is 2. The van der Waals surface area contributed by atoms with E-state index >= 15 is 0 Å². The van der Waals surface area contributed by atoms with Crippen molar-refractivity contribution in [3.63, 3.8) is 0 Å². The van der Waals surface area contributed by atoms with Crippen LogP contribution in [0, 0.1) is 22.8 Å². The average molecular weight is 403 g/mol. The van der Waals surface area contributed by atoms with Gasteiger partial charge in [0.25, 0.3) is 0 Å².